The summed E-state index contributed by atoms with van der Waals surface area (Å²) < 4.78 is 1.92. The Morgan fingerprint density at radius 1 is 1.30 bits per heavy atom. The molecule has 3 N–H and O–H groups in total. The maximum absolute atomic E-state index is 5.87. The van der Waals surface area contributed by atoms with E-state index < -0.39 is 0 Å². The standard InChI is InChI=1S/C14H15N5S/c1-10-12(9-15)13(20-14-16-7-8-17-14)19(18-10)11-5-3-2-4-6-11/h2-8H,9,15H2,1H3,(H,16,17). The summed E-state index contributed by atoms with van der Waals surface area (Å²) in [4.78, 5) is 7.35. The van der Waals surface area contributed by atoms with Crippen molar-refractivity contribution in [3.05, 3.63) is 54.0 Å². The highest BCUT2D eigenvalue weighted by atomic mass is 32.2. The molecule has 0 spiro atoms. The molecule has 0 amide bonds. The van der Waals surface area contributed by atoms with Crippen LogP contribution in [0.25, 0.3) is 5.69 Å². The molecule has 3 aromatic rings. The van der Waals surface area contributed by atoms with Gasteiger partial charge in [-0.25, -0.2) is 9.67 Å². The minimum atomic E-state index is 0.460. The Hall–Kier alpha value is -2.05. The first-order valence-electron chi connectivity index (χ1n) is 6.31. The molecule has 0 unspecified atom stereocenters. The van der Waals surface area contributed by atoms with E-state index in [1.165, 1.54) is 0 Å². The van der Waals surface area contributed by atoms with Crippen molar-refractivity contribution in [3.8, 4) is 5.69 Å². The van der Waals surface area contributed by atoms with Crippen LogP contribution >= 0.6 is 11.8 Å². The Bertz CT molecular complexity index is 688. The smallest absolute Gasteiger partial charge is 0.171 e. The minimum absolute atomic E-state index is 0.460. The van der Waals surface area contributed by atoms with Crippen LogP contribution in [0.2, 0.25) is 0 Å². The van der Waals surface area contributed by atoms with Crippen molar-refractivity contribution in [2.75, 3.05) is 0 Å². The van der Waals surface area contributed by atoms with Crippen LogP contribution in [0.1, 0.15) is 11.3 Å². The zero-order valence-electron chi connectivity index (χ0n) is 11.1. The largest absolute Gasteiger partial charge is 0.339 e. The lowest BCUT2D eigenvalue weighted by atomic mass is 10.3. The van der Waals surface area contributed by atoms with Gasteiger partial charge in [-0.05, 0) is 30.8 Å². The first kappa shape index (κ1) is 13.0. The molecule has 0 aliphatic carbocycles. The molecule has 0 aliphatic heterocycles. The summed E-state index contributed by atoms with van der Waals surface area (Å²) >= 11 is 1.54. The van der Waals surface area contributed by atoms with Gasteiger partial charge in [0.05, 0.1) is 11.4 Å². The number of para-hydroxylation sites is 1. The average molecular weight is 285 g/mol. The van der Waals surface area contributed by atoms with E-state index in [0.29, 0.717) is 6.54 Å². The molecule has 0 saturated heterocycles. The quantitative estimate of drug-likeness (QED) is 0.772. The van der Waals surface area contributed by atoms with Crippen molar-refractivity contribution in [1.82, 2.24) is 19.7 Å². The third-order valence-corrected chi connectivity index (χ3v) is 4.04. The number of H-pyrrole nitrogens is 1. The molecule has 20 heavy (non-hydrogen) atoms. The Balaban J connectivity index is 2.10. The Kier molecular flexibility index (Phi) is 3.58. The van der Waals surface area contributed by atoms with Gasteiger partial charge in [-0.1, -0.05) is 18.2 Å². The summed E-state index contributed by atoms with van der Waals surface area (Å²) in [5.74, 6) is 0. The lowest BCUT2D eigenvalue weighted by molar-refractivity contribution is 0.786. The molecule has 102 valence electrons. The number of nitrogens with one attached hydrogen (secondary N) is 1. The van der Waals surface area contributed by atoms with E-state index in [9.17, 15) is 0 Å². The van der Waals surface area contributed by atoms with Crippen LogP contribution < -0.4 is 5.73 Å². The first-order chi connectivity index (χ1) is 9.79. The molecule has 2 heterocycles. The van der Waals surface area contributed by atoms with Gasteiger partial charge in [0.2, 0.25) is 0 Å². The molecular weight excluding hydrogens is 270 g/mol. The molecule has 0 saturated carbocycles. The number of benzene rings is 1. The molecule has 6 heteroatoms. The van der Waals surface area contributed by atoms with Crippen LogP contribution in [0, 0.1) is 6.92 Å². The van der Waals surface area contributed by atoms with E-state index in [1.807, 2.05) is 41.9 Å². The number of rotatable bonds is 4. The topological polar surface area (TPSA) is 72.5 Å². The second kappa shape index (κ2) is 5.52. The van der Waals surface area contributed by atoms with Crippen molar-refractivity contribution in [3.63, 3.8) is 0 Å². The predicted octanol–water partition coefficient (Wildman–Crippen LogP) is 2.51. The molecule has 2 aromatic heterocycles. The first-order valence-corrected chi connectivity index (χ1v) is 7.12. The lowest BCUT2D eigenvalue weighted by Gasteiger charge is -2.07. The number of aromatic amines is 1. The summed E-state index contributed by atoms with van der Waals surface area (Å²) in [7, 11) is 0. The molecular formula is C14H15N5S. The van der Waals surface area contributed by atoms with E-state index in [2.05, 4.69) is 15.1 Å². The highest BCUT2D eigenvalue weighted by Gasteiger charge is 2.17. The van der Waals surface area contributed by atoms with Gasteiger partial charge in [-0.3, -0.25) is 0 Å². The van der Waals surface area contributed by atoms with Gasteiger partial charge in [-0.2, -0.15) is 5.10 Å². The zero-order valence-corrected chi connectivity index (χ0v) is 11.9. The fraction of sp³-hybridized carbons (Fsp3) is 0.143. The van der Waals surface area contributed by atoms with Gasteiger partial charge in [0.15, 0.2) is 5.16 Å². The highest BCUT2D eigenvalue weighted by Crippen LogP contribution is 2.31. The summed E-state index contributed by atoms with van der Waals surface area (Å²) in [5, 5.41) is 6.44. The predicted molar refractivity (Wildman–Crippen MR) is 78.9 cm³/mol. The molecule has 0 fully saturated rings. The molecule has 0 aliphatic rings. The van der Waals surface area contributed by atoms with Crippen LogP contribution in [0.5, 0.6) is 0 Å². The summed E-state index contributed by atoms with van der Waals surface area (Å²) in [6.45, 7) is 2.44. The molecule has 5 nitrogen and oxygen atoms in total. The Morgan fingerprint density at radius 3 is 2.75 bits per heavy atom. The number of hydrogen-bond donors (Lipinski definition) is 2. The summed E-state index contributed by atoms with van der Waals surface area (Å²) in [6, 6.07) is 10.0. The van der Waals surface area contributed by atoms with Crippen molar-refractivity contribution >= 4 is 11.8 Å². The summed E-state index contributed by atoms with van der Waals surface area (Å²) in [6.07, 6.45) is 3.54. The van der Waals surface area contributed by atoms with Gasteiger partial charge >= 0.3 is 0 Å². The van der Waals surface area contributed by atoms with E-state index in [0.717, 1.165) is 27.1 Å². The third kappa shape index (κ3) is 2.35. The third-order valence-electron chi connectivity index (χ3n) is 3.01. The van der Waals surface area contributed by atoms with E-state index in [1.54, 1.807) is 24.2 Å². The van der Waals surface area contributed by atoms with Crippen LogP contribution in [0.3, 0.4) is 0 Å². The number of aromatic nitrogens is 4. The Morgan fingerprint density at radius 2 is 2.10 bits per heavy atom. The number of aryl methyl sites for hydroxylation is 1. The van der Waals surface area contributed by atoms with E-state index >= 15 is 0 Å². The monoisotopic (exact) mass is 285 g/mol. The molecule has 0 radical (unpaired) electrons. The van der Waals surface area contributed by atoms with Crippen molar-refractivity contribution in [1.29, 1.82) is 0 Å². The number of hydrogen-bond acceptors (Lipinski definition) is 4. The van der Waals surface area contributed by atoms with Crippen LogP contribution in [0.4, 0.5) is 0 Å². The van der Waals surface area contributed by atoms with Crippen LogP contribution in [-0.2, 0) is 6.54 Å². The van der Waals surface area contributed by atoms with Gasteiger partial charge in [0.1, 0.15) is 5.03 Å². The second-order valence-corrected chi connectivity index (χ2v) is 5.29. The Labute approximate surface area is 121 Å². The van der Waals surface area contributed by atoms with Crippen molar-refractivity contribution in [2.45, 2.75) is 23.7 Å². The van der Waals surface area contributed by atoms with Crippen molar-refractivity contribution < 1.29 is 0 Å². The van der Waals surface area contributed by atoms with E-state index in [-0.39, 0.29) is 0 Å². The molecule has 0 bridgehead atoms. The fourth-order valence-corrected chi connectivity index (χ4v) is 3.03. The maximum Gasteiger partial charge on any atom is 0.171 e. The number of nitrogens with two attached hydrogens (primary N) is 1. The average Bonchev–Trinajstić information content (AvgIpc) is 3.08. The molecule has 1 aromatic carbocycles. The number of imidazole rings is 1. The van der Waals surface area contributed by atoms with Crippen LogP contribution in [-0.4, -0.2) is 19.7 Å². The van der Waals surface area contributed by atoms with Crippen LogP contribution in [0.15, 0.2) is 52.9 Å². The van der Waals surface area contributed by atoms with Gasteiger partial charge in [0.25, 0.3) is 0 Å². The zero-order chi connectivity index (χ0) is 13.9. The van der Waals surface area contributed by atoms with Gasteiger partial charge < -0.3 is 10.7 Å². The number of nitrogens with zero attached hydrogens (tertiary/aromatic N) is 3. The van der Waals surface area contributed by atoms with E-state index in [4.69, 9.17) is 5.73 Å². The SMILES string of the molecule is Cc1nn(-c2ccccc2)c(Sc2ncc[nH]2)c1CN. The normalized spacial score (nSPS) is 10.9. The molecule has 3 rings (SSSR count). The van der Waals surface area contributed by atoms with Crippen molar-refractivity contribution in [2.24, 2.45) is 5.73 Å². The fourth-order valence-electron chi connectivity index (χ4n) is 2.02. The van der Waals surface area contributed by atoms with Gasteiger partial charge in [-0.15, -0.1) is 0 Å². The molecule has 0 atom stereocenters. The summed E-state index contributed by atoms with van der Waals surface area (Å²) in [5.41, 5.74) is 8.89. The minimum Gasteiger partial charge on any atom is -0.339 e. The second-order valence-electron chi connectivity index (χ2n) is 4.32. The lowest BCUT2D eigenvalue weighted by Crippen LogP contribution is -2.01. The maximum atomic E-state index is 5.87. The highest BCUT2D eigenvalue weighted by molar-refractivity contribution is 7.99. The van der Waals surface area contributed by atoms with Gasteiger partial charge in [0, 0.05) is 24.5 Å².